The van der Waals surface area contributed by atoms with Crippen molar-refractivity contribution in [2.45, 2.75) is 6.36 Å². The van der Waals surface area contributed by atoms with E-state index < -0.39 is 6.36 Å². The minimum atomic E-state index is -4.73. The Bertz CT molecular complexity index is 409. The number of ether oxygens (including phenoxy) is 1. The van der Waals surface area contributed by atoms with Crippen molar-refractivity contribution in [3.63, 3.8) is 0 Å². The van der Waals surface area contributed by atoms with E-state index in [0.29, 0.717) is 11.4 Å². The quantitative estimate of drug-likeness (QED) is 0.790. The predicted octanol–water partition coefficient (Wildman–Crippen LogP) is 2.25. The van der Waals surface area contributed by atoms with Gasteiger partial charge in [0.2, 0.25) is 5.91 Å². The number of alkyl halides is 3. The maximum atomic E-state index is 11.9. The van der Waals surface area contributed by atoms with Gasteiger partial charge in [-0.1, -0.05) is 0 Å². The Labute approximate surface area is 111 Å². The minimum Gasteiger partial charge on any atom is -0.406 e. The molecule has 0 fully saturated rings. The molecule has 1 amide bonds. The lowest BCUT2D eigenvalue weighted by atomic mass is 10.3. The first kappa shape index (κ1) is 15.6. The maximum Gasteiger partial charge on any atom is 0.573 e. The molecule has 0 aromatic heterocycles. The number of halogens is 3. The van der Waals surface area contributed by atoms with Crippen molar-refractivity contribution in [3.05, 3.63) is 24.3 Å². The molecule has 19 heavy (non-hydrogen) atoms. The molecule has 0 spiro atoms. The molecule has 0 heterocycles. The van der Waals surface area contributed by atoms with Crippen molar-refractivity contribution in [3.8, 4) is 5.75 Å². The number of hydrogen-bond acceptors (Lipinski definition) is 4. The molecule has 2 N–H and O–H groups in total. The number of benzene rings is 1. The van der Waals surface area contributed by atoms with Crippen molar-refractivity contribution in [1.82, 2.24) is 0 Å². The van der Waals surface area contributed by atoms with Gasteiger partial charge in [-0.2, -0.15) is 0 Å². The Morgan fingerprint density at radius 3 is 2.47 bits per heavy atom. The van der Waals surface area contributed by atoms with Gasteiger partial charge in [0, 0.05) is 11.4 Å². The highest BCUT2D eigenvalue weighted by atomic mass is 32.2. The summed E-state index contributed by atoms with van der Waals surface area (Å²) in [6.07, 6.45) is -4.73. The van der Waals surface area contributed by atoms with Gasteiger partial charge in [-0.3, -0.25) is 4.79 Å². The van der Waals surface area contributed by atoms with Crippen LogP contribution in [0.2, 0.25) is 0 Å². The minimum absolute atomic E-state index is 0.0125. The van der Waals surface area contributed by atoms with Crippen LogP contribution in [-0.2, 0) is 4.79 Å². The molecule has 1 rings (SSSR count). The SMILES string of the molecule is O=C(CSCCO)Nc1ccc(OC(F)(F)F)cc1. The average Bonchev–Trinajstić information content (AvgIpc) is 2.30. The van der Waals surface area contributed by atoms with Crippen molar-refractivity contribution in [2.24, 2.45) is 0 Å². The monoisotopic (exact) mass is 295 g/mol. The third kappa shape index (κ3) is 6.92. The molecular weight excluding hydrogens is 283 g/mol. The van der Waals surface area contributed by atoms with Gasteiger partial charge in [-0.05, 0) is 24.3 Å². The summed E-state index contributed by atoms with van der Waals surface area (Å²) in [6, 6.07) is 4.86. The third-order valence-electron chi connectivity index (χ3n) is 1.84. The Kier molecular flexibility index (Phi) is 5.97. The van der Waals surface area contributed by atoms with Crippen LogP contribution < -0.4 is 10.1 Å². The van der Waals surface area contributed by atoms with Gasteiger partial charge in [-0.15, -0.1) is 24.9 Å². The zero-order chi connectivity index (χ0) is 14.3. The number of carbonyl (C=O) groups excluding carboxylic acids is 1. The number of aliphatic hydroxyl groups is 1. The summed E-state index contributed by atoms with van der Waals surface area (Å²) in [5.41, 5.74) is 0.379. The molecule has 1 aromatic rings. The summed E-state index contributed by atoms with van der Waals surface area (Å²) in [7, 11) is 0. The predicted molar refractivity (Wildman–Crippen MR) is 66.2 cm³/mol. The normalized spacial score (nSPS) is 11.2. The molecule has 0 saturated carbocycles. The first-order valence-electron chi connectivity index (χ1n) is 5.25. The number of aliphatic hydroxyl groups excluding tert-OH is 1. The van der Waals surface area contributed by atoms with Crippen LogP contribution in [-0.4, -0.2) is 35.5 Å². The van der Waals surface area contributed by atoms with Crippen molar-refractivity contribution < 1.29 is 27.8 Å². The number of anilines is 1. The van der Waals surface area contributed by atoms with E-state index in [9.17, 15) is 18.0 Å². The number of hydrogen-bond donors (Lipinski definition) is 2. The fourth-order valence-electron chi connectivity index (χ4n) is 1.17. The molecule has 0 aliphatic carbocycles. The van der Waals surface area contributed by atoms with Crippen molar-refractivity contribution >= 4 is 23.4 Å². The molecule has 0 saturated heterocycles. The van der Waals surface area contributed by atoms with Gasteiger partial charge in [0.25, 0.3) is 0 Å². The van der Waals surface area contributed by atoms with Gasteiger partial charge < -0.3 is 15.2 Å². The fourth-order valence-corrected chi connectivity index (χ4v) is 1.70. The Morgan fingerprint density at radius 1 is 1.32 bits per heavy atom. The molecule has 106 valence electrons. The Balaban J connectivity index is 2.46. The molecule has 0 atom stereocenters. The smallest absolute Gasteiger partial charge is 0.406 e. The second-order valence-corrected chi connectivity index (χ2v) is 4.50. The van der Waals surface area contributed by atoms with Crippen LogP contribution in [0.3, 0.4) is 0 Å². The number of thioether (sulfide) groups is 1. The van der Waals surface area contributed by atoms with Crippen LogP contribution in [0.15, 0.2) is 24.3 Å². The standard InChI is InChI=1S/C11H12F3NO3S/c12-11(13,14)18-9-3-1-8(2-4-9)15-10(17)7-19-6-5-16/h1-4,16H,5-7H2,(H,15,17). The van der Waals surface area contributed by atoms with Crippen LogP contribution in [0, 0.1) is 0 Å². The lowest BCUT2D eigenvalue weighted by Crippen LogP contribution is -2.17. The van der Waals surface area contributed by atoms with E-state index >= 15 is 0 Å². The highest BCUT2D eigenvalue weighted by Gasteiger charge is 2.30. The highest BCUT2D eigenvalue weighted by Crippen LogP contribution is 2.23. The first-order valence-corrected chi connectivity index (χ1v) is 6.40. The lowest BCUT2D eigenvalue weighted by Gasteiger charge is -2.09. The molecule has 0 aliphatic heterocycles. The largest absolute Gasteiger partial charge is 0.573 e. The van der Waals surface area contributed by atoms with Crippen molar-refractivity contribution in [2.75, 3.05) is 23.4 Å². The number of carbonyl (C=O) groups is 1. The van der Waals surface area contributed by atoms with Gasteiger partial charge in [0.05, 0.1) is 12.4 Å². The van der Waals surface area contributed by atoms with Crippen LogP contribution >= 0.6 is 11.8 Å². The molecule has 1 aromatic carbocycles. The summed E-state index contributed by atoms with van der Waals surface area (Å²) in [5, 5.41) is 11.0. The molecule has 0 aliphatic rings. The fraction of sp³-hybridized carbons (Fsp3) is 0.364. The third-order valence-corrected chi connectivity index (χ3v) is 2.78. The van der Waals surface area contributed by atoms with Gasteiger partial charge in [-0.25, -0.2) is 0 Å². The first-order chi connectivity index (χ1) is 8.90. The summed E-state index contributed by atoms with van der Waals surface area (Å²) in [4.78, 5) is 11.4. The van der Waals surface area contributed by atoms with E-state index in [1.165, 1.54) is 23.9 Å². The summed E-state index contributed by atoms with van der Waals surface area (Å²) in [6.45, 7) is -0.0125. The topological polar surface area (TPSA) is 58.6 Å². The van der Waals surface area contributed by atoms with Crippen molar-refractivity contribution in [1.29, 1.82) is 0 Å². The van der Waals surface area contributed by atoms with E-state index in [4.69, 9.17) is 5.11 Å². The summed E-state index contributed by atoms with van der Waals surface area (Å²) >= 11 is 1.26. The van der Waals surface area contributed by atoms with E-state index in [1.54, 1.807) is 0 Å². The van der Waals surface area contributed by atoms with Gasteiger partial charge in [0.1, 0.15) is 5.75 Å². The van der Waals surface area contributed by atoms with E-state index in [2.05, 4.69) is 10.1 Å². The molecule has 8 heteroatoms. The molecule has 0 radical (unpaired) electrons. The second-order valence-electron chi connectivity index (χ2n) is 3.40. The van der Waals surface area contributed by atoms with E-state index in [1.807, 2.05) is 0 Å². The maximum absolute atomic E-state index is 11.9. The summed E-state index contributed by atoms with van der Waals surface area (Å²) in [5.74, 6) is -0.0178. The molecule has 0 bridgehead atoms. The lowest BCUT2D eigenvalue weighted by molar-refractivity contribution is -0.274. The van der Waals surface area contributed by atoms with E-state index in [0.717, 1.165) is 12.1 Å². The Hall–Kier alpha value is -1.41. The zero-order valence-corrected chi connectivity index (χ0v) is 10.6. The second kappa shape index (κ2) is 7.25. The van der Waals surface area contributed by atoms with Crippen LogP contribution in [0.5, 0.6) is 5.75 Å². The van der Waals surface area contributed by atoms with E-state index in [-0.39, 0.29) is 24.0 Å². The summed E-state index contributed by atoms with van der Waals surface area (Å²) < 4.78 is 39.4. The molecule has 0 unspecified atom stereocenters. The number of amides is 1. The highest BCUT2D eigenvalue weighted by molar-refractivity contribution is 7.99. The molecule has 4 nitrogen and oxygen atoms in total. The number of nitrogens with one attached hydrogen (secondary N) is 1. The van der Waals surface area contributed by atoms with Crippen LogP contribution in [0.25, 0.3) is 0 Å². The molecular formula is C11H12F3NO3S. The Morgan fingerprint density at radius 2 is 1.95 bits per heavy atom. The van der Waals surface area contributed by atoms with Gasteiger partial charge in [0.15, 0.2) is 0 Å². The zero-order valence-electron chi connectivity index (χ0n) is 9.74. The van der Waals surface area contributed by atoms with Crippen LogP contribution in [0.1, 0.15) is 0 Å². The number of rotatable bonds is 6. The average molecular weight is 295 g/mol. The van der Waals surface area contributed by atoms with Gasteiger partial charge >= 0.3 is 6.36 Å². The van der Waals surface area contributed by atoms with Crippen LogP contribution in [0.4, 0.5) is 18.9 Å².